The van der Waals surface area contributed by atoms with Crippen molar-refractivity contribution in [3.05, 3.63) is 82.9 Å². The predicted octanol–water partition coefficient (Wildman–Crippen LogP) is 6.24. The number of rotatable bonds is 6. The van der Waals surface area contributed by atoms with E-state index in [0.717, 1.165) is 25.8 Å². The number of carbonyl (C=O) groups excluding carboxylic acids is 2. The van der Waals surface area contributed by atoms with E-state index in [4.69, 9.17) is 11.6 Å². The number of thiazole rings is 1. The van der Waals surface area contributed by atoms with Gasteiger partial charge in [-0.25, -0.2) is 4.98 Å². The number of hydrogen-bond acceptors (Lipinski definition) is 5. The molecule has 0 aliphatic rings. The summed E-state index contributed by atoms with van der Waals surface area (Å²) >= 11 is 8.75. The number of aromatic nitrogens is 1. The molecule has 0 atom stereocenters. The lowest BCUT2D eigenvalue weighted by molar-refractivity contribution is -0.113. The van der Waals surface area contributed by atoms with E-state index in [1.54, 1.807) is 24.3 Å². The van der Waals surface area contributed by atoms with Crippen LogP contribution < -0.4 is 10.6 Å². The topological polar surface area (TPSA) is 71.1 Å². The first-order chi connectivity index (χ1) is 15.0. The van der Waals surface area contributed by atoms with E-state index in [0.29, 0.717) is 16.3 Å². The third-order valence-corrected chi connectivity index (χ3v) is 6.77. The Morgan fingerprint density at radius 2 is 1.77 bits per heavy atom. The molecule has 5 nitrogen and oxygen atoms in total. The van der Waals surface area contributed by atoms with Crippen LogP contribution in [0, 0.1) is 6.92 Å². The SMILES string of the molecule is Cc1cccc(NC(=O)CSc2nc3ccc(NC(=O)c4ccc(Cl)cc4)cc3s2)c1. The average Bonchev–Trinajstić information content (AvgIpc) is 3.15. The van der Waals surface area contributed by atoms with Crippen LogP contribution in [0.25, 0.3) is 10.2 Å². The predicted molar refractivity (Wildman–Crippen MR) is 130 cm³/mol. The Balaban J connectivity index is 1.38. The molecule has 1 aromatic heterocycles. The van der Waals surface area contributed by atoms with Crippen molar-refractivity contribution in [3.63, 3.8) is 0 Å². The third kappa shape index (κ3) is 5.64. The number of nitrogens with one attached hydrogen (secondary N) is 2. The van der Waals surface area contributed by atoms with Crippen LogP contribution in [0.15, 0.2) is 71.1 Å². The minimum atomic E-state index is -0.206. The zero-order valence-electron chi connectivity index (χ0n) is 16.5. The fourth-order valence-corrected chi connectivity index (χ4v) is 4.93. The van der Waals surface area contributed by atoms with Crippen molar-refractivity contribution in [2.24, 2.45) is 0 Å². The van der Waals surface area contributed by atoms with Crippen LogP contribution in [0.2, 0.25) is 5.02 Å². The lowest BCUT2D eigenvalue weighted by Gasteiger charge is -2.05. The zero-order chi connectivity index (χ0) is 21.8. The van der Waals surface area contributed by atoms with E-state index in [9.17, 15) is 9.59 Å². The molecule has 8 heteroatoms. The molecular weight excluding hydrogens is 450 g/mol. The second-order valence-electron chi connectivity index (χ2n) is 6.83. The third-order valence-electron chi connectivity index (χ3n) is 4.36. The van der Waals surface area contributed by atoms with Gasteiger partial charge >= 0.3 is 0 Å². The minimum Gasteiger partial charge on any atom is -0.325 e. The highest BCUT2D eigenvalue weighted by Crippen LogP contribution is 2.31. The molecule has 2 amide bonds. The fourth-order valence-electron chi connectivity index (χ4n) is 2.89. The summed E-state index contributed by atoms with van der Waals surface area (Å²) < 4.78 is 1.74. The van der Waals surface area contributed by atoms with Crippen LogP contribution in [0.4, 0.5) is 11.4 Å². The van der Waals surface area contributed by atoms with Gasteiger partial charge in [0.1, 0.15) is 0 Å². The maximum Gasteiger partial charge on any atom is 0.255 e. The number of thioether (sulfide) groups is 1. The second kappa shape index (κ2) is 9.51. The Kier molecular flexibility index (Phi) is 6.56. The van der Waals surface area contributed by atoms with Gasteiger partial charge in [0.2, 0.25) is 5.91 Å². The molecule has 0 saturated heterocycles. The van der Waals surface area contributed by atoms with Crippen molar-refractivity contribution in [1.29, 1.82) is 0 Å². The van der Waals surface area contributed by atoms with Crippen LogP contribution in [-0.4, -0.2) is 22.6 Å². The van der Waals surface area contributed by atoms with Crippen LogP contribution >= 0.6 is 34.7 Å². The summed E-state index contributed by atoms with van der Waals surface area (Å²) in [6.07, 6.45) is 0. The Morgan fingerprint density at radius 1 is 1.00 bits per heavy atom. The van der Waals surface area contributed by atoms with Gasteiger partial charge in [-0.2, -0.15) is 0 Å². The lowest BCUT2D eigenvalue weighted by atomic mass is 10.2. The molecule has 0 saturated carbocycles. The van der Waals surface area contributed by atoms with Gasteiger partial charge in [0.15, 0.2) is 4.34 Å². The largest absolute Gasteiger partial charge is 0.325 e. The van der Waals surface area contributed by atoms with Gasteiger partial charge < -0.3 is 10.6 Å². The van der Waals surface area contributed by atoms with Crippen molar-refractivity contribution in [1.82, 2.24) is 4.98 Å². The minimum absolute atomic E-state index is 0.0780. The first-order valence-electron chi connectivity index (χ1n) is 9.43. The molecule has 0 radical (unpaired) electrons. The molecule has 0 bridgehead atoms. The summed E-state index contributed by atoms with van der Waals surface area (Å²) in [5, 5.41) is 6.37. The summed E-state index contributed by atoms with van der Waals surface area (Å²) in [7, 11) is 0. The Morgan fingerprint density at radius 3 is 2.55 bits per heavy atom. The standard InChI is InChI=1S/C23H18ClN3O2S2/c1-14-3-2-4-17(11-14)25-21(28)13-30-23-27-19-10-9-18(12-20(19)31-23)26-22(29)15-5-7-16(24)8-6-15/h2-12H,13H2,1H3,(H,25,28)(H,26,29). The Labute approximate surface area is 192 Å². The molecule has 0 spiro atoms. The molecule has 4 aromatic rings. The zero-order valence-corrected chi connectivity index (χ0v) is 18.9. The van der Waals surface area contributed by atoms with Crippen LogP contribution in [0.1, 0.15) is 15.9 Å². The van der Waals surface area contributed by atoms with E-state index >= 15 is 0 Å². The van der Waals surface area contributed by atoms with Crippen molar-refractivity contribution in [3.8, 4) is 0 Å². The number of carbonyl (C=O) groups is 2. The van der Waals surface area contributed by atoms with E-state index in [1.165, 1.54) is 23.1 Å². The number of amides is 2. The van der Waals surface area contributed by atoms with E-state index < -0.39 is 0 Å². The molecule has 4 rings (SSSR count). The Hall–Kier alpha value is -2.87. The summed E-state index contributed by atoms with van der Waals surface area (Å²) in [5.41, 5.74) is 3.93. The van der Waals surface area contributed by atoms with E-state index in [1.807, 2.05) is 49.4 Å². The number of fused-ring (bicyclic) bond motifs is 1. The molecule has 0 fully saturated rings. The van der Waals surface area contributed by atoms with Gasteiger partial charge in [0.25, 0.3) is 5.91 Å². The van der Waals surface area contributed by atoms with E-state index in [-0.39, 0.29) is 17.6 Å². The maximum absolute atomic E-state index is 12.4. The highest BCUT2D eigenvalue weighted by atomic mass is 35.5. The number of aryl methyl sites for hydroxylation is 1. The van der Waals surface area contributed by atoms with Crippen LogP contribution in [0.5, 0.6) is 0 Å². The molecule has 156 valence electrons. The van der Waals surface area contributed by atoms with Crippen LogP contribution in [0.3, 0.4) is 0 Å². The number of nitrogens with zero attached hydrogens (tertiary/aromatic N) is 1. The van der Waals surface area contributed by atoms with Crippen molar-refractivity contribution >= 4 is 68.1 Å². The smallest absolute Gasteiger partial charge is 0.255 e. The van der Waals surface area contributed by atoms with E-state index in [2.05, 4.69) is 15.6 Å². The quantitative estimate of drug-likeness (QED) is 0.329. The van der Waals surface area contributed by atoms with Gasteiger partial charge in [-0.3, -0.25) is 9.59 Å². The van der Waals surface area contributed by atoms with Gasteiger partial charge in [0.05, 0.1) is 16.0 Å². The van der Waals surface area contributed by atoms with Gasteiger partial charge in [-0.15, -0.1) is 11.3 Å². The number of halogens is 1. The average molecular weight is 468 g/mol. The van der Waals surface area contributed by atoms with Crippen molar-refractivity contribution in [2.75, 3.05) is 16.4 Å². The number of hydrogen-bond donors (Lipinski definition) is 2. The summed E-state index contributed by atoms with van der Waals surface area (Å²) in [4.78, 5) is 29.2. The highest BCUT2D eigenvalue weighted by molar-refractivity contribution is 8.01. The van der Waals surface area contributed by atoms with Gasteiger partial charge in [-0.1, -0.05) is 35.5 Å². The molecule has 31 heavy (non-hydrogen) atoms. The normalized spacial score (nSPS) is 10.8. The van der Waals surface area contributed by atoms with Gasteiger partial charge in [-0.05, 0) is 67.1 Å². The maximum atomic E-state index is 12.4. The van der Waals surface area contributed by atoms with Crippen molar-refractivity contribution in [2.45, 2.75) is 11.3 Å². The van der Waals surface area contributed by atoms with Crippen LogP contribution in [-0.2, 0) is 4.79 Å². The molecular formula is C23H18ClN3O2S2. The molecule has 3 aromatic carbocycles. The van der Waals surface area contributed by atoms with Crippen molar-refractivity contribution < 1.29 is 9.59 Å². The molecule has 0 unspecified atom stereocenters. The Bertz CT molecular complexity index is 1260. The summed E-state index contributed by atoms with van der Waals surface area (Å²) in [5.74, 6) is -0.0118. The number of anilines is 2. The number of benzene rings is 3. The fraction of sp³-hybridized carbons (Fsp3) is 0.0870. The summed E-state index contributed by atoms with van der Waals surface area (Å²) in [6.45, 7) is 1.98. The second-order valence-corrected chi connectivity index (χ2v) is 9.52. The lowest BCUT2D eigenvalue weighted by Crippen LogP contribution is -2.13. The first kappa shape index (κ1) is 21.4. The summed E-state index contributed by atoms with van der Waals surface area (Å²) in [6, 6.07) is 20.0. The highest BCUT2D eigenvalue weighted by Gasteiger charge is 2.11. The monoisotopic (exact) mass is 467 g/mol. The van der Waals surface area contributed by atoms with Gasteiger partial charge in [0, 0.05) is 22.0 Å². The first-order valence-corrected chi connectivity index (χ1v) is 11.6. The molecule has 0 aliphatic heterocycles. The molecule has 2 N–H and O–H groups in total. The molecule has 0 aliphatic carbocycles. The molecule has 1 heterocycles.